The molecular formula is C26H24N4O3. The van der Waals surface area contributed by atoms with Crippen molar-refractivity contribution in [2.75, 3.05) is 0 Å². The van der Waals surface area contributed by atoms with Crippen molar-refractivity contribution < 1.29 is 14.0 Å². The van der Waals surface area contributed by atoms with Gasteiger partial charge in [0, 0.05) is 36.1 Å². The number of Topliss-reactive ketones (excluding diaryl/α,β-unsaturated/α-hetero) is 1. The first-order chi connectivity index (χ1) is 15.9. The number of ketones is 1. The first-order valence-electron chi connectivity index (χ1n) is 10.8. The van der Waals surface area contributed by atoms with E-state index in [4.69, 9.17) is 4.42 Å². The first kappa shape index (κ1) is 20.8. The van der Waals surface area contributed by atoms with Crippen LogP contribution in [0.25, 0.3) is 33.3 Å². The van der Waals surface area contributed by atoms with Gasteiger partial charge >= 0.3 is 0 Å². The third kappa shape index (κ3) is 3.82. The number of carbonyl (C=O) groups excluding carboxylic acids is 2. The van der Waals surface area contributed by atoms with E-state index in [1.807, 2.05) is 49.0 Å². The molecule has 1 atom stereocenters. The van der Waals surface area contributed by atoms with E-state index >= 15 is 0 Å². The number of imidazole rings is 1. The van der Waals surface area contributed by atoms with Gasteiger partial charge in [-0.2, -0.15) is 0 Å². The highest BCUT2D eigenvalue weighted by atomic mass is 16.3. The van der Waals surface area contributed by atoms with E-state index in [-0.39, 0.29) is 11.7 Å². The van der Waals surface area contributed by atoms with Crippen molar-refractivity contribution in [3.05, 3.63) is 77.9 Å². The number of nitrogens with one attached hydrogen (secondary N) is 2. The number of amides is 1. The van der Waals surface area contributed by atoms with Gasteiger partial charge in [-0.15, -0.1) is 0 Å². The van der Waals surface area contributed by atoms with Crippen molar-refractivity contribution in [1.29, 1.82) is 0 Å². The summed E-state index contributed by atoms with van der Waals surface area (Å²) in [6, 6.07) is 12.7. The number of aromatic amines is 1. The average Bonchev–Trinajstić information content (AvgIpc) is 3.52. The number of H-pyrrole nitrogens is 1. The Morgan fingerprint density at radius 3 is 2.79 bits per heavy atom. The second-order valence-electron chi connectivity index (χ2n) is 8.41. The predicted octanol–water partition coefficient (Wildman–Crippen LogP) is 4.55. The Hall–Kier alpha value is -4.13. The number of aryl methyl sites for hydroxylation is 2. The lowest BCUT2D eigenvalue weighted by atomic mass is 10.0. The minimum atomic E-state index is -0.627. The summed E-state index contributed by atoms with van der Waals surface area (Å²) in [6.45, 7) is 3.54. The summed E-state index contributed by atoms with van der Waals surface area (Å²) < 4.78 is 7.13. The minimum absolute atomic E-state index is 0.0912. The molecule has 0 saturated heterocycles. The van der Waals surface area contributed by atoms with E-state index in [0.717, 1.165) is 38.9 Å². The highest BCUT2D eigenvalue weighted by Crippen LogP contribution is 2.25. The quantitative estimate of drug-likeness (QED) is 0.405. The summed E-state index contributed by atoms with van der Waals surface area (Å²) in [6.07, 6.45) is 5.56. The second kappa shape index (κ2) is 8.09. The molecule has 5 aromatic rings. The lowest BCUT2D eigenvalue weighted by Crippen LogP contribution is -2.41. The van der Waals surface area contributed by atoms with Crippen LogP contribution in [0.15, 0.2) is 65.6 Å². The normalized spacial score (nSPS) is 12.3. The predicted molar refractivity (Wildman–Crippen MR) is 127 cm³/mol. The molecule has 7 heteroatoms. The molecule has 7 nitrogen and oxygen atoms in total. The number of hydrogen-bond acceptors (Lipinski definition) is 4. The molecule has 2 N–H and O–H groups in total. The van der Waals surface area contributed by atoms with Gasteiger partial charge in [0.15, 0.2) is 5.78 Å². The van der Waals surface area contributed by atoms with Gasteiger partial charge < -0.3 is 19.3 Å². The fourth-order valence-electron chi connectivity index (χ4n) is 4.21. The van der Waals surface area contributed by atoms with Gasteiger partial charge in [0.2, 0.25) is 0 Å². The minimum Gasteiger partial charge on any atom is -0.472 e. The van der Waals surface area contributed by atoms with Crippen molar-refractivity contribution in [1.82, 2.24) is 19.9 Å². The van der Waals surface area contributed by atoms with Crippen LogP contribution in [0.1, 0.15) is 28.4 Å². The van der Waals surface area contributed by atoms with Crippen molar-refractivity contribution >= 4 is 33.6 Å². The standard InChI is InChI=1S/C26H24N4O3/c1-15-4-6-21-20(10-15)19(13-27-21)12-22(16(2)31)29-26(32)17-5-7-24-23(11-17)28-25(30(24)3)18-8-9-33-14-18/h4-11,13-14,22,27H,12H2,1-3H3,(H,29,32). The monoisotopic (exact) mass is 440 g/mol. The average molecular weight is 441 g/mol. The molecular weight excluding hydrogens is 416 g/mol. The summed E-state index contributed by atoms with van der Waals surface area (Å²) in [5.74, 6) is 0.364. The van der Waals surface area contributed by atoms with E-state index in [1.54, 1.807) is 24.7 Å². The smallest absolute Gasteiger partial charge is 0.251 e. The Bertz CT molecular complexity index is 1490. The Labute approximate surface area is 190 Å². The zero-order valence-electron chi connectivity index (χ0n) is 18.7. The Morgan fingerprint density at radius 2 is 2.03 bits per heavy atom. The summed E-state index contributed by atoms with van der Waals surface area (Å²) in [4.78, 5) is 33.3. The maximum atomic E-state index is 13.0. The van der Waals surface area contributed by atoms with E-state index < -0.39 is 6.04 Å². The summed E-state index contributed by atoms with van der Waals surface area (Å²) in [5.41, 5.74) is 6.08. The molecule has 0 bridgehead atoms. The molecule has 166 valence electrons. The molecule has 1 unspecified atom stereocenters. The molecule has 0 radical (unpaired) electrons. The van der Waals surface area contributed by atoms with Crippen LogP contribution in [0.5, 0.6) is 0 Å². The molecule has 0 aliphatic carbocycles. The number of rotatable bonds is 6. The van der Waals surface area contributed by atoms with Gasteiger partial charge in [-0.3, -0.25) is 9.59 Å². The largest absolute Gasteiger partial charge is 0.472 e. The van der Waals surface area contributed by atoms with Crippen LogP contribution in [-0.2, 0) is 18.3 Å². The highest BCUT2D eigenvalue weighted by molar-refractivity contribution is 6.00. The maximum absolute atomic E-state index is 13.0. The first-order valence-corrected chi connectivity index (χ1v) is 10.8. The van der Waals surface area contributed by atoms with Crippen LogP contribution in [0, 0.1) is 6.92 Å². The number of benzene rings is 2. The molecule has 5 rings (SSSR count). The molecule has 0 saturated carbocycles. The lowest BCUT2D eigenvalue weighted by Gasteiger charge is -2.16. The topological polar surface area (TPSA) is 92.9 Å². The Morgan fingerprint density at radius 1 is 1.18 bits per heavy atom. The summed E-state index contributed by atoms with van der Waals surface area (Å²) in [7, 11) is 1.92. The van der Waals surface area contributed by atoms with Crippen molar-refractivity contribution in [3.8, 4) is 11.4 Å². The zero-order valence-corrected chi connectivity index (χ0v) is 18.7. The second-order valence-corrected chi connectivity index (χ2v) is 8.41. The van der Waals surface area contributed by atoms with Crippen LogP contribution in [0.3, 0.4) is 0 Å². The van der Waals surface area contributed by atoms with E-state index in [1.165, 1.54) is 6.92 Å². The lowest BCUT2D eigenvalue weighted by molar-refractivity contribution is -0.118. The fourth-order valence-corrected chi connectivity index (χ4v) is 4.21. The number of carbonyl (C=O) groups is 2. The van der Waals surface area contributed by atoms with Gasteiger partial charge in [0.25, 0.3) is 5.91 Å². The van der Waals surface area contributed by atoms with Gasteiger partial charge in [0.1, 0.15) is 12.1 Å². The fraction of sp³-hybridized carbons (Fsp3) is 0.192. The molecule has 0 aliphatic heterocycles. The number of hydrogen-bond donors (Lipinski definition) is 2. The van der Waals surface area contributed by atoms with Gasteiger partial charge in [-0.05, 0) is 55.8 Å². The van der Waals surface area contributed by atoms with Crippen LogP contribution in [0.2, 0.25) is 0 Å². The number of aromatic nitrogens is 3. The SMILES string of the molecule is CC(=O)C(Cc1c[nH]c2ccc(C)cc12)NC(=O)c1ccc2c(c1)nc(-c1ccoc1)n2C. The third-order valence-electron chi connectivity index (χ3n) is 6.07. The molecule has 3 heterocycles. The number of fused-ring (bicyclic) bond motifs is 2. The van der Waals surface area contributed by atoms with Crippen LogP contribution < -0.4 is 5.32 Å². The summed E-state index contributed by atoms with van der Waals surface area (Å²) >= 11 is 0. The van der Waals surface area contributed by atoms with Crippen LogP contribution >= 0.6 is 0 Å². The van der Waals surface area contributed by atoms with Gasteiger partial charge in [-0.1, -0.05) is 11.6 Å². The molecule has 0 spiro atoms. The Balaban J connectivity index is 1.40. The maximum Gasteiger partial charge on any atom is 0.251 e. The molecule has 2 aromatic carbocycles. The highest BCUT2D eigenvalue weighted by Gasteiger charge is 2.21. The molecule has 33 heavy (non-hydrogen) atoms. The zero-order chi connectivity index (χ0) is 23.1. The number of nitrogens with zero attached hydrogens (tertiary/aromatic N) is 2. The van der Waals surface area contributed by atoms with Gasteiger partial charge in [-0.25, -0.2) is 4.98 Å². The van der Waals surface area contributed by atoms with E-state index in [0.29, 0.717) is 17.5 Å². The van der Waals surface area contributed by atoms with Gasteiger partial charge in [0.05, 0.1) is 28.9 Å². The number of furan rings is 1. The third-order valence-corrected chi connectivity index (χ3v) is 6.07. The van der Waals surface area contributed by atoms with Crippen molar-refractivity contribution in [2.24, 2.45) is 7.05 Å². The van der Waals surface area contributed by atoms with E-state index in [9.17, 15) is 9.59 Å². The summed E-state index contributed by atoms with van der Waals surface area (Å²) in [5, 5.41) is 3.98. The van der Waals surface area contributed by atoms with Crippen molar-refractivity contribution in [3.63, 3.8) is 0 Å². The molecule has 1 amide bonds. The van der Waals surface area contributed by atoms with Crippen molar-refractivity contribution in [2.45, 2.75) is 26.3 Å². The molecule has 0 fully saturated rings. The Kier molecular flexibility index (Phi) is 5.09. The van der Waals surface area contributed by atoms with Crippen LogP contribution in [0.4, 0.5) is 0 Å². The van der Waals surface area contributed by atoms with E-state index in [2.05, 4.69) is 21.4 Å². The molecule has 3 aromatic heterocycles. The van der Waals surface area contributed by atoms with Crippen LogP contribution in [-0.4, -0.2) is 32.3 Å². The molecule has 0 aliphatic rings.